The number of unbranched alkanes of at least 4 members (excludes halogenated alkanes) is 1. The molecule has 5 N–H and O–H groups in total. The van der Waals surface area contributed by atoms with Crippen LogP contribution in [0.15, 0.2) is 95.7 Å². The molecule has 0 unspecified atom stereocenters. The number of benzene rings is 4. The normalized spacial score (nSPS) is 18.8. The first kappa shape index (κ1) is 39.8. The third-order valence-electron chi connectivity index (χ3n) is 10.8. The van der Waals surface area contributed by atoms with Crippen LogP contribution < -0.4 is 20.5 Å². The third-order valence-corrected chi connectivity index (χ3v) is 10.8. The molecule has 4 aromatic carbocycles. The highest BCUT2D eigenvalue weighted by Crippen LogP contribution is 2.35. The fourth-order valence-electron chi connectivity index (χ4n) is 7.71. The van der Waals surface area contributed by atoms with Crippen LogP contribution in [0.5, 0.6) is 17.2 Å². The van der Waals surface area contributed by atoms with Gasteiger partial charge in [0.1, 0.15) is 36.1 Å². The molecular weight excluding hydrogens is 703 g/mol. The van der Waals surface area contributed by atoms with Crippen molar-refractivity contribution in [1.29, 1.82) is 0 Å². The second kappa shape index (κ2) is 19.1. The number of nitrogens with two attached hydrogens (primary N) is 1. The molecular formula is C47H53N3O6. The minimum absolute atomic E-state index is 0.0323. The fourth-order valence-corrected chi connectivity index (χ4v) is 7.71. The van der Waals surface area contributed by atoms with Crippen molar-refractivity contribution >= 4 is 28.2 Å². The van der Waals surface area contributed by atoms with Crippen LogP contribution >= 0.6 is 0 Å². The molecule has 3 atom stereocenters. The molecule has 292 valence electrons. The van der Waals surface area contributed by atoms with Crippen molar-refractivity contribution in [2.45, 2.75) is 83.8 Å². The standard InChI is InChI=1S/C47H53N3O6/c1-4-34-28-44(53)42-13-8-22-55-40(27-36-26-38(51)19-17-35(36)11-6-5-9-31-10-7-12-37(23-31)50-47(48)49-2)29-39(52)18-14-32-16-21-45(54-3)46(25-32)56-30-33-15-20-41(42)43(34)24-33/h7,10,12,15-17,19-21,23-26,28,35-36,40,51,53H,4-6,9,11,13-14,18,27,29-30H2,1-3H3,(H3,48,49,50)/t35-,36-,40-/m0/s1. The number of carbonyl (C=O) groups excluding carboxylic acids is 1. The van der Waals surface area contributed by atoms with E-state index >= 15 is 0 Å². The fraction of sp³-hybridized carbons (Fsp3) is 0.362. The number of aromatic hydroxyl groups is 1. The molecule has 2 aliphatic heterocycles. The number of aryl methyl sites for hydroxylation is 3. The number of anilines is 1. The molecule has 0 spiro atoms. The van der Waals surface area contributed by atoms with E-state index in [0.717, 1.165) is 70.8 Å². The molecule has 56 heavy (non-hydrogen) atoms. The lowest BCUT2D eigenvalue weighted by atomic mass is 9.80. The van der Waals surface area contributed by atoms with E-state index in [0.29, 0.717) is 43.3 Å². The molecule has 0 amide bonds. The summed E-state index contributed by atoms with van der Waals surface area (Å²) in [6.45, 7) is 2.41. The van der Waals surface area contributed by atoms with E-state index < -0.39 is 6.10 Å². The number of hydrogen-bond acceptors (Lipinski definition) is 7. The molecule has 9 heteroatoms. The van der Waals surface area contributed by atoms with E-state index in [2.05, 4.69) is 53.5 Å². The molecule has 1 aliphatic carbocycles. The summed E-state index contributed by atoms with van der Waals surface area (Å²) in [5, 5.41) is 26.8. The Hall–Kier alpha value is -5.88. The molecule has 0 saturated heterocycles. The number of hydrogen-bond donors (Lipinski definition) is 4. The second-order valence-electron chi connectivity index (χ2n) is 14.7. The van der Waals surface area contributed by atoms with E-state index in [4.69, 9.17) is 19.9 Å². The number of aliphatic hydroxyl groups is 1. The Labute approximate surface area is 330 Å². The Morgan fingerprint density at radius 1 is 1.02 bits per heavy atom. The molecule has 2 heterocycles. The van der Waals surface area contributed by atoms with Crippen molar-refractivity contribution in [2.75, 3.05) is 19.5 Å². The molecule has 6 bridgehead atoms. The highest BCUT2D eigenvalue weighted by Gasteiger charge is 2.27. The topological polar surface area (TPSA) is 136 Å². The van der Waals surface area contributed by atoms with Gasteiger partial charge in [-0.25, -0.2) is 0 Å². The van der Waals surface area contributed by atoms with E-state index in [1.165, 1.54) is 5.56 Å². The highest BCUT2D eigenvalue weighted by atomic mass is 16.5. The van der Waals surface area contributed by atoms with Crippen molar-refractivity contribution in [1.82, 2.24) is 0 Å². The van der Waals surface area contributed by atoms with Gasteiger partial charge < -0.3 is 35.5 Å². The van der Waals surface area contributed by atoms with Gasteiger partial charge in [-0.05, 0) is 132 Å². The molecule has 0 saturated carbocycles. The maximum absolute atomic E-state index is 13.6. The van der Waals surface area contributed by atoms with Gasteiger partial charge in [0.05, 0.1) is 7.11 Å². The predicted octanol–water partition coefficient (Wildman–Crippen LogP) is 8.89. The van der Waals surface area contributed by atoms with Gasteiger partial charge in [0.2, 0.25) is 0 Å². The monoisotopic (exact) mass is 755 g/mol. The number of carbonyl (C=O) groups is 1. The SMILES string of the molecule is CCc1cc(O)c2c3ccc(cc13)COc1cc(ccc1OC)CCC(=O)C[C@H](C[C@@H]1C=C(O)C=C[C@@H]1CCCCc1cccc(NC(N)=NC)c1)OC#CC2. The number of Topliss-reactive ketones (excluding diaryl/α,β-unsaturated/α-hetero) is 1. The van der Waals surface area contributed by atoms with Crippen molar-refractivity contribution in [3.05, 3.63) is 119 Å². The smallest absolute Gasteiger partial charge is 0.192 e. The van der Waals surface area contributed by atoms with Crippen LogP contribution in [-0.4, -0.2) is 42.2 Å². The van der Waals surface area contributed by atoms with Gasteiger partial charge in [-0.2, -0.15) is 0 Å². The molecule has 0 radical (unpaired) electrons. The number of rotatable bonds is 10. The minimum Gasteiger partial charge on any atom is -0.508 e. The first-order valence-corrected chi connectivity index (χ1v) is 19.6. The number of ether oxygens (including phenoxy) is 3. The Balaban J connectivity index is 1.20. The molecule has 9 nitrogen and oxygen atoms in total. The maximum Gasteiger partial charge on any atom is 0.192 e. The number of phenols is 1. The zero-order valence-electron chi connectivity index (χ0n) is 32.6. The summed E-state index contributed by atoms with van der Waals surface area (Å²) in [5.74, 6) is 5.38. The lowest BCUT2D eigenvalue weighted by Crippen LogP contribution is -2.24. The van der Waals surface area contributed by atoms with Gasteiger partial charge in [-0.3, -0.25) is 9.79 Å². The Morgan fingerprint density at radius 3 is 2.70 bits per heavy atom. The third kappa shape index (κ3) is 10.4. The van der Waals surface area contributed by atoms with Gasteiger partial charge in [-0.1, -0.05) is 55.7 Å². The Morgan fingerprint density at radius 2 is 1.88 bits per heavy atom. The Kier molecular flexibility index (Phi) is 13.6. The van der Waals surface area contributed by atoms with Crippen LogP contribution in [0.1, 0.15) is 73.3 Å². The summed E-state index contributed by atoms with van der Waals surface area (Å²) in [7, 11) is 3.27. The summed E-state index contributed by atoms with van der Waals surface area (Å²) in [6.07, 6.45) is 14.6. The number of aliphatic hydroxyl groups excluding tert-OH is 1. The summed E-state index contributed by atoms with van der Waals surface area (Å²) < 4.78 is 18.1. The average Bonchev–Trinajstić information content (AvgIpc) is 3.20. The summed E-state index contributed by atoms with van der Waals surface area (Å²) in [4.78, 5) is 17.5. The number of guanidine groups is 1. The zero-order valence-corrected chi connectivity index (χ0v) is 32.6. The summed E-state index contributed by atoms with van der Waals surface area (Å²) >= 11 is 0. The van der Waals surface area contributed by atoms with Crippen LogP contribution in [0, 0.1) is 23.9 Å². The number of nitrogens with one attached hydrogen (secondary N) is 1. The summed E-state index contributed by atoms with van der Waals surface area (Å²) in [5.41, 5.74) is 11.7. The average molecular weight is 756 g/mol. The van der Waals surface area contributed by atoms with Crippen LogP contribution in [0.2, 0.25) is 0 Å². The number of fused-ring (bicyclic) bond motifs is 9. The molecule has 0 fully saturated rings. The van der Waals surface area contributed by atoms with Crippen molar-refractivity contribution in [2.24, 2.45) is 22.6 Å². The highest BCUT2D eigenvalue weighted by molar-refractivity contribution is 5.92. The largest absolute Gasteiger partial charge is 0.508 e. The van der Waals surface area contributed by atoms with Crippen LogP contribution in [0.4, 0.5) is 5.69 Å². The van der Waals surface area contributed by atoms with E-state index in [1.807, 2.05) is 54.6 Å². The van der Waals surface area contributed by atoms with Gasteiger partial charge in [-0.15, -0.1) is 0 Å². The molecule has 7 rings (SSSR count). The Bertz CT molecular complexity index is 2180. The first-order chi connectivity index (χ1) is 27.2. The number of phenolic OH excluding ortho intramolecular Hbond substituents is 1. The predicted molar refractivity (Wildman–Crippen MR) is 223 cm³/mol. The van der Waals surface area contributed by atoms with E-state index in [9.17, 15) is 15.0 Å². The van der Waals surface area contributed by atoms with Crippen molar-refractivity contribution in [3.63, 3.8) is 0 Å². The quantitative estimate of drug-likeness (QED) is 0.0546. The number of aliphatic imine (C=N–C) groups is 1. The van der Waals surface area contributed by atoms with Gasteiger partial charge >= 0.3 is 0 Å². The van der Waals surface area contributed by atoms with Crippen LogP contribution in [0.25, 0.3) is 10.8 Å². The molecule has 4 aromatic rings. The van der Waals surface area contributed by atoms with Crippen LogP contribution in [-0.2, 0) is 41.8 Å². The zero-order chi connectivity index (χ0) is 39.4. The van der Waals surface area contributed by atoms with Crippen molar-refractivity contribution < 1.29 is 29.2 Å². The molecule has 0 aromatic heterocycles. The van der Waals surface area contributed by atoms with Crippen LogP contribution in [0.3, 0.4) is 0 Å². The number of ketones is 1. The van der Waals surface area contributed by atoms with Gasteiger partial charge in [0, 0.05) is 37.6 Å². The lowest BCUT2D eigenvalue weighted by Gasteiger charge is -2.28. The van der Waals surface area contributed by atoms with Crippen molar-refractivity contribution in [3.8, 4) is 29.3 Å². The number of methoxy groups -OCH3 is 1. The lowest BCUT2D eigenvalue weighted by molar-refractivity contribution is -0.121. The molecule has 3 aliphatic rings. The second-order valence-corrected chi connectivity index (χ2v) is 14.7. The van der Waals surface area contributed by atoms with Gasteiger partial charge in [0.15, 0.2) is 17.5 Å². The number of allylic oxidation sites excluding steroid dienone is 3. The van der Waals surface area contributed by atoms with Gasteiger partial charge in [0.25, 0.3) is 0 Å². The number of nitrogens with zero attached hydrogens (tertiary/aromatic N) is 1. The maximum atomic E-state index is 13.6. The summed E-state index contributed by atoms with van der Waals surface area (Å²) in [6, 6.07) is 22.0. The van der Waals surface area contributed by atoms with E-state index in [-0.39, 0.29) is 42.0 Å². The van der Waals surface area contributed by atoms with E-state index in [1.54, 1.807) is 20.2 Å². The first-order valence-electron chi connectivity index (χ1n) is 19.6. The minimum atomic E-state index is -0.486.